The fraction of sp³-hybridized carbons (Fsp3) is 0.435. The van der Waals surface area contributed by atoms with E-state index in [1.165, 1.54) is 35.7 Å². The standard InChI is InChI=1S/C23H30N4O6S/c1-16(2)21(23(29)25-15-17-7-8-24-20(13-17)32-3)26-22(28)18-5-4-6-19(14-18)34(30,31)27-9-11-33-12-10-27/h4-8,13-14,16,21H,9-12,15H2,1-3H3,(H,25,29)(H,26,28)/t21-/m1/s1. The highest BCUT2D eigenvalue weighted by Gasteiger charge is 2.28. The van der Waals surface area contributed by atoms with Crippen molar-refractivity contribution in [3.05, 3.63) is 53.7 Å². The van der Waals surface area contributed by atoms with Gasteiger partial charge in [-0.25, -0.2) is 13.4 Å². The van der Waals surface area contributed by atoms with Crippen molar-refractivity contribution in [3.8, 4) is 5.88 Å². The summed E-state index contributed by atoms with van der Waals surface area (Å²) in [7, 11) is -2.24. The van der Waals surface area contributed by atoms with Crippen molar-refractivity contribution in [2.24, 2.45) is 5.92 Å². The van der Waals surface area contributed by atoms with Crippen molar-refractivity contribution in [2.75, 3.05) is 33.4 Å². The fourth-order valence-corrected chi connectivity index (χ4v) is 4.92. The predicted octanol–water partition coefficient (Wildman–Crippen LogP) is 1.18. The summed E-state index contributed by atoms with van der Waals surface area (Å²) in [6.07, 6.45) is 1.58. The van der Waals surface area contributed by atoms with E-state index in [1.807, 2.05) is 13.8 Å². The lowest BCUT2D eigenvalue weighted by molar-refractivity contribution is -0.124. The van der Waals surface area contributed by atoms with Crippen LogP contribution >= 0.6 is 0 Å². The molecular formula is C23H30N4O6S. The Morgan fingerprint density at radius 3 is 2.59 bits per heavy atom. The Balaban J connectivity index is 1.69. The number of benzene rings is 1. The number of hydrogen-bond donors (Lipinski definition) is 2. The Labute approximate surface area is 199 Å². The topological polar surface area (TPSA) is 127 Å². The minimum Gasteiger partial charge on any atom is -0.481 e. The quantitative estimate of drug-likeness (QED) is 0.540. The minimum atomic E-state index is -3.75. The molecule has 0 radical (unpaired) electrons. The van der Waals surface area contributed by atoms with Crippen LogP contribution in [0.2, 0.25) is 0 Å². The lowest BCUT2D eigenvalue weighted by Crippen LogP contribution is -2.49. The first-order valence-electron chi connectivity index (χ1n) is 11.0. The summed E-state index contributed by atoms with van der Waals surface area (Å²) in [5.41, 5.74) is 0.960. The van der Waals surface area contributed by atoms with E-state index in [0.717, 1.165) is 5.56 Å². The van der Waals surface area contributed by atoms with E-state index < -0.39 is 22.0 Å². The molecule has 1 saturated heterocycles. The summed E-state index contributed by atoms with van der Waals surface area (Å²) < 4.78 is 37.5. The zero-order chi connectivity index (χ0) is 24.7. The average Bonchev–Trinajstić information content (AvgIpc) is 2.86. The molecule has 1 aromatic heterocycles. The van der Waals surface area contributed by atoms with E-state index in [2.05, 4.69) is 15.6 Å². The van der Waals surface area contributed by atoms with Gasteiger partial charge in [0.05, 0.1) is 25.2 Å². The van der Waals surface area contributed by atoms with E-state index in [0.29, 0.717) is 19.1 Å². The molecule has 2 N–H and O–H groups in total. The monoisotopic (exact) mass is 490 g/mol. The molecule has 1 fully saturated rings. The van der Waals surface area contributed by atoms with Crippen LogP contribution in [-0.2, 0) is 26.1 Å². The summed E-state index contributed by atoms with van der Waals surface area (Å²) in [5.74, 6) is -0.641. The Morgan fingerprint density at radius 2 is 1.91 bits per heavy atom. The molecule has 3 rings (SSSR count). The van der Waals surface area contributed by atoms with Gasteiger partial charge in [0.25, 0.3) is 5.91 Å². The second-order valence-electron chi connectivity index (χ2n) is 8.16. The average molecular weight is 491 g/mol. The third kappa shape index (κ3) is 6.31. The number of amides is 2. The molecule has 0 saturated carbocycles. The van der Waals surface area contributed by atoms with Crippen LogP contribution in [0, 0.1) is 5.92 Å². The van der Waals surface area contributed by atoms with E-state index in [-0.39, 0.29) is 41.9 Å². The van der Waals surface area contributed by atoms with Gasteiger partial charge in [-0.05, 0) is 35.7 Å². The summed E-state index contributed by atoms with van der Waals surface area (Å²) in [5, 5.41) is 5.55. The van der Waals surface area contributed by atoms with Crippen LogP contribution in [-0.4, -0.2) is 69.0 Å². The van der Waals surface area contributed by atoms with Gasteiger partial charge in [0.1, 0.15) is 6.04 Å². The van der Waals surface area contributed by atoms with Gasteiger partial charge in [-0.1, -0.05) is 19.9 Å². The first kappa shape index (κ1) is 25.6. The van der Waals surface area contributed by atoms with E-state index in [4.69, 9.17) is 9.47 Å². The second kappa shape index (κ2) is 11.4. The number of ether oxygens (including phenoxy) is 2. The molecule has 0 unspecified atom stereocenters. The molecule has 184 valence electrons. The largest absolute Gasteiger partial charge is 0.481 e. The Hall–Kier alpha value is -3.02. The van der Waals surface area contributed by atoms with Crippen LogP contribution in [0.1, 0.15) is 29.8 Å². The van der Waals surface area contributed by atoms with Crippen molar-refractivity contribution in [2.45, 2.75) is 31.3 Å². The van der Waals surface area contributed by atoms with Crippen LogP contribution in [0.25, 0.3) is 0 Å². The molecule has 1 aliphatic heterocycles. The van der Waals surface area contributed by atoms with Gasteiger partial charge in [-0.2, -0.15) is 4.31 Å². The molecule has 1 atom stereocenters. The Bertz CT molecular complexity index is 1120. The number of nitrogens with zero attached hydrogens (tertiary/aromatic N) is 2. The zero-order valence-corrected chi connectivity index (χ0v) is 20.3. The highest BCUT2D eigenvalue weighted by Crippen LogP contribution is 2.19. The third-order valence-corrected chi connectivity index (χ3v) is 7.31. The predicted molar refractivity (Wildman–Crippen MR) is 125 cm³/mol. The number of sulfonamides is 1. The number of rotatable bonds is 9. The molecule has 0 spiro atoms. The summed E-state index contributed by atoms with van der Waals surface area (Å²) in [4.78, 5) is 29.8. The van der Waals surface area contributed by atoms with Gasteiger partial charge in [0.2, 0.25) is 21.8 Å². The molecule has 2 amide bonds. The normalized spacial score (nSPS) is 15.5. The molecule has 34 heavy (non-hydrogen) atoms. The molecule has 0 bridgehead atoms. The second-order valence-corrected chi connectivity index (χ2v) is 10.1. The van der Waals surface area contributed by atoms with Crippen molar-refractivity contribution < 1.29 is 27.5 Å². The number of nitrogens with one attached hydrogen (secondary N) is 2. The van der Waals surface area contributed by atoms with E-state index in [9.17, 15) is 18.0 Å². The highest BCUT2D eigenvalue weighted by atomic mass is 32.2. The van der Waals surface area contributed by atoms with E-state index >= 15 is 0 Å². The highest BCUT2D eigenvalue weighted by molar-refractivity contribution is 7.89. The molecule has 0 aliphatic carbocycles. The Kier molecular flexibility index (Phi) is 8.59. The van der Waals surface area contributed by atoms with Crippen LogP contribution < -0.4 is 15.4 Å². The maximum absolute atomic E-state index is 12.9. The Morgan fingerprint density at radius 1 is 1.18 bits per heavy atom. The number of hydrogen-bond acceptors (Lipinski definition) is 7. The van der Waals surface area contributed by atoms with Gasteiger partial charge in [-0.15, -0.1) is 0 Å². The fourth-order valence-electron chi connectivity index (χ4n) is 3.46. The zero-order valence-electron chi connectivity index (χ0n) is 19.5. The number of methoxy groups -OCH3 is 1. The van der Waals surface area contributed by atoms with Gasteiger partial charge in [-0.3, -0.25) is 9.59 Å². The molecule has 10 nitrogen and oxygen atoms in total. The lowest BCUT2D eigenvalue weighted by Gasteiger charge is -2.26. The number of pyridine rings is 1. The lowest BCUT2D eigenvalue weighted by atomic mass is 10.0. The third-order valence-electron chi connectivity index (χ3n) is 5.41. The SMILES string of the molecule is COc1cc(CNC(=O)[C@H](NC(=O)c2cccc(S(=O)(=O)N3CCOCC3)c2)C(C)C)ccn1. The van der Waals surface area contributed by atoms with Crippen LogP contribution in [0.15, 0.2) is 47.5 Å². The van der Waals surface area contributed by atoms with Crippen molar-refractivity contribution >= 4 is 21.8 Å². The van der Waals surface area contributed by atoms with Crippen molar-refractivity contribution in [3.63, 3.8) is 0 Å². The summed E-state index contributed by atoms with van der Waals surface area (Å²) in [6, 6.07) is 8.48. The molecule has 1 aliphatic rings. The molecular weight excluding hydrogens is 460 g/mol. The molecule has 1 aromatic carbocycles. The van der Waals surface area contributed by atoms with E-state index in [1.54, 1.807) is 18.3 Å². The van der Waals surface area contributed by atoms with Crippen molar-refractivity contribution in [1.29, 1.82) is 0 Å². The number of carbonyl (C=O) groups excluding carboxylic acids is 2. The molecule has 11 heteroatoms. The number of carbonyl (C=O) groups is 2. The van der Waals surface area contributed by atoms with Gasteiger partial charge < -0.3 is 20.1 Å². The van der Waals surface area contributed by atoms with Crippen LogP contribution in [0.3, 0.4) is 0 Å². The minimum absolute atomic E-state index is 0.0271. The number of morpholine rings is 1. The summed E-state index contributed by atoms with van der Waals surface area (Å²) in [6.45, 7) is 5.06. The van der Waals surface area contributed by atoms with Crippen LogP contribution in [0.5, 0.6) is 5.88 Å². The van der Waals surface area contributed by atoms with Gasteiger partial charge in [0, 0.05) is 37.5 Å². The first-order chi connectivity index (χ1) is 16.2. The summed E-state index contributed by atoms with van der Waals surface area (Å²) >= 11 is 0. The van der Waals surface area contributed by atoms with Gasteiger partial charge in [0.15, 0.2) is 0 Å². The number of aromatic nitrogens is 1. The van der Waals surface area contributed by atoms with Gasteiger partial charge >= 0.3 is 0 Å². The maximum Gasteiger partial charge on any atom is 0.251 e. The molecule has 2 aromatic rings. The van der Waals surface area contributed by atoms with Crippen LogP contribution in [0.4, 0.5) is 0 Å². The first-order valence-corrected chi connectivity index (χ1v) is 12.4. The maximum atomic E-state index is 12.9. The smallest absolute Gasteiger partial charge is 0.251 e. The molecule has 2 heterocycles. The van der Waals surface area contributed by atoms with Crippen molar-refractivity contribution in [1.82, 2.24) is 19.9 Å².